The number of rotatable bonds is 3. The highest BCUT2D eigenvalue weighted by atomic mass is 32.1. The van der Waals surface area contributed by atoms with Crippen molar-refractivity contribution >= 4 is 44.7 Å². The number of amides is 1. The summed E-state index contributed by atoms with van der Waals surface area (Å²) >= 11 is 1.16. The molecule has 126 valence electrons. The van der Waals surface area contributed by atoms with Crippen molar-refractivity contribution in [1.82, 2.24) is 9.97 Å². The number of thiophene rings is 1. The van der Waals surface area contributed by atoms with E-state index in [2.05, 4.69) is 21.4 Å². The number of hydrogen-bond donors (Lipinski definition) is 3. The van der Waals surface area contributed by atoms with E-state index in [0.717, 1.165) is 16.9 Å². The molecule has 5 N–H and O–H groups in total. The van der Waals surface area contributed by atoms with E-state index in [1.165, 1.54) is 0 Å². The third-order valence-electron chi connectivity index (χ3n) is 3.78. The predicted molar refractivity (Wildman–Crippen MR) is 99.4 cm³/mol. The molecule has 0 saturated carbocycles. The Kier molecular flexibility index (Phi) is 4.25. The lowest BCUT2D eigenvalue weighted by atomic mass is 9.95. The first-order chi connectivity index (χ1) is 11.9. The number of nitrogens with two attached hydrogens (primary N) is 2. The molecular formula is C17H16N6OS. The van der Waals surface area contributed by atoms with Crippen LogP contribution in [-0.4, -0.2) is 15.9 Å². The molecule has 0 aliphatic rings. The molecule has 0 radical (unpaired) electrons. The fraction of sp³-hybridized carbons (Fsp3) is 0.176. The highest BCUT2D eigenvalue weighted by molar-refractivity contribution is 7.21. The lowest BCUT2D eigenvalue weighted by molar-refractivity contribution is 0.103. The smallest absolute Gasteiger partial charge is 0.267 e. The Morgan fingerprint density at radius 3 is 2.60 bits per heavy atom. The number of fused-ring (bicyclic) bond motifs is 1. The van der Waals surface area contributed by atoms with Crippen LogP contribution < -0.4 is 16.8 Å². The van der Waals surface area contributed by atoms with Gasteiger partial charge in [0.15, 0.2) is 0 Å². The van der Waals surface area contributed by atoms with Crippen LogP contribution in [0, 0.1) is 11.3 Å². The van der Waals surface area contributed by atoms with E-state index < -0.39 is 0 Å². The van der Waals surface area contributed by atoms with Gasteiger partial charge in [-0.15, -0.1) is 11.3 Å². The lowest BCUT2D eigenvalue weighted by Crippen LogP contribution is -2.12. The number of nitriles is 1. The van der Waals surface area contributed by atoms with E-state index in [9.17, 15) is 10.1 Å². The lowest BCUT2D eigenvalue weighted by Gasteiger charge is -2.12. The van der Waals surface area contributed by atoms with Crippen LogP contribution >= 0.6 is 11.3 Å². The Morgan fingerprint density at radius 2 is 2.00 bits per heavy atom. The number of carbonyl (C=O) groups is 1. The molecule has 0 aliphatic carbocycles. The average molecular weight is 352 g/mol. The summed E-state index contributed by atoms with van der Waals surface area (Å²) in [7, 11) is 0. The van der Waals surface area contributed by atoms with Crippen LogP contribution in [-0.2, 0) is 0 Å². The third-order valence-corrected chi connectivity index (χ3v) is 4.88. The molecule has 0 unspecified atom stereocenters. The minimum atomic E-state index is -0.335. The number of aromatic nitrogens is 2. The van der Waals surface area contributed by atoms with Gasteiger partial charge in [-0.3, -0.25) is 9.78 Å². The van der Waals surface area contributed by atoms with Crippen LogP contribution in [0.4, 0.5) is 17.2 Å². The summed E-state index contributed by atoms with van der Waals surface area (Å²) in [5, 5.41) is 12.8. The zero-order chi connectivity index (χ0) is 18.1. The first kappa shape index (κ1) is 16.7. The molecule has 0 bridgehead atoms. The molecule has 0 aromatic carbocycles. The van der Waals surface area contributed by atoms with Crippen LogP contribution in [0.15, 0.2) is 24.5 Å². The summed E-state index contributed by atoms with van der Waals surface area (Å²) < 4.78 is 0. The van der Waals surface area contributed by atoms with E-state index in [1.54, 1.807) is 24.5 Å². The number of nitrogen functional groups attached to an aromatic ring is 2. The summed E-state index contributed by atoms with van der Waals surface area (Å²) in [5.41, 5.74) is 14.1. The van der Waals surface area contributed by atoms with Gasteiger partial charge in [-0.25, -0.2) is 4.98 Å². The fourth-order valence-corrected chi connectivity index (χ4v) is 3.70. The average Bonchev–Trinajstić information content (AvgIpc) is 2.90. The van der Waals surface area contributed by atoms with Crippen LogP contribution in [0.25, 0.3) is 10.2 Å². The third kappa shape index (κ3) is 2.86. The summed E-state index contributed by atoms with van der Waals surface area (Å²) in [6, 6.07) is 5.47. The van der Waals surface area contributed by atoms with Gasteiger partial charge in [0.1, 0.15) is 21.6 Å². The van der Waals surface area contributed by atoms with Crippen LogP contribution in [0.5, 0.6) is 0 Å². The Hall–Kier alpha value is -3.18. The van der Waals surface area contributed by atoms with Gasteiger partial charge < -0.3 is 16.8 Å². The molecular weight excluding hydrogens is 336 g/mol. The van der Waals surface area contributed by atoms with Gasteiger partial charge in [-0.1, -0.05) is 13.8 Å². The minimum absolute atomic E-state index is 0.00968. The summed E-state index contributed by atoms with van der Waals surface area (Å²) in [6.07, 6.45) is 3.17. The van der Waals surface area contributed by atoms with Crippen molar-refractivity contribution in [2.24, 2.45) is 0 Å². The molecule has 3 aromatic rings. The Labute approximate surface area is 148 Å². The van der Waals surface area contributed by atoms with Gasteiger partial charge >= 0.3 is 0 Å². The van der Waals surface area contributed by atoms with Gasteiger partial charge in [0.25, 0.3) is 5.91 Å². The molecule has 8 heteroatoms. The second-order valence-electron chi connectivity index (χ2n) is 5.77. The number of carbonyl (C=O) groups excluding carboxylic acids is 1. The van der Waals surface area contributed by atoms with Gasteiger partial charge in [-0.05, 0) is 23.6 Å². The SMILES string of the molecule is CC(C)c1c(C#N)c(N)nc2sc(C(=O)Nc3ccncc3)c(N)c12. The zero-order valence-electron chi connectivity index (χ0n) is 13.7. The monoisotopic (exact) mass is 352 g/mol. The normalized spacial score (nSPS) is 10.8. The highest BCUT2D eigenvalue weighted by Crippen LogP contribution is 2.40. The molecule has 3 heterocycles. The molecule has 0 spiro atoms. The van der Waals surface area contributed by atoms with Crippen molar-refractivity contribution in [2.45, 2.75) is 19.8 Å². The quantitative estimate of drug-likeness (QED) is 0.664. The van der Waals surface area contributed by atoms with E-state index in [0.29, 0.717) is 32.0 Å². The molecule has 0 fully saturated rings. The molecule has 0 atom stereocenters. The van der Waals surface area contributed by atoms with Gasteiger partial charge in [0, 0.05) is 23.5 Å². The van der Waals surface area contributed by atoms with E-state index in [-0.39, 0.29) is 17.6 Å². The number of anilines is 3. The molecule has 25 heavy (non-hydrogen) atoms. The summed E-state index contributed by atoms with van der Waals surface area (Å²) in [6.45, 7) is 3.89. The standard InChI is InChI=1S/C17H16N6OS/c1-8(2)11-10(7-18)15(20)23-17-12(11)13(19)14(25-17)16(24)22-9-3-5-21-6-4-9/h3-6,8H,19H2,1-2H3,(H2,20,23)(H,21,22,24). The van der Waals surface area contributed by atoms with Crippen molar-refractivity contribution in [3.8, 4) is 6.07 Å². The Morgan fingerprint density at radius 1 is 1.32 bits per heavy atom. The summed E-state index contributed by atoms with van der Waals surface area (Å²) in [5.74, 6) is -0.171. The van der Waals surface area contributed by atoms with Crippen LogP contribution in [0.1, 0.15) is 40.6 Å². The van der Waals surface area contributed by atoms with E-state index >= 15 is 0 Å². The number of hydrogen-bond acceptors (Lipinski definition) is 7. The fourth-order valence-electron chi connectivity index (χ4n) is 2.69. The largest absolute Gasteiger partial charge is 0.397 e. The van der Waals surface area contributed by atoms with Crippen molar-refractivity contribution in [3.63, 3.8) is 0 Å². The topological polar surface area (TPSA) is 131 Å². The maximum absolute atomic E-state index is 12.6. The highest BCUT2D eigenvalue weighted by Gasteiger charge is 2.24. The zero-order valence-corrected chi connectivity index (χ0v) is 14.5. The van der Waals surface area contributed by atoms with Crippen molar-refractivity contribution in [1.29, 1.82) is 5.26 Å². The number of nitrogens with one attached hydrogen (secondary N) is 1. The second kappa shape index (κ2) is 6.37. The molecule has 0 saturated heterocycles. The number of nitrogens with zero attached hydrogens (tertiary/aromatic N) is 3. The van der Waals surface area contributed by atoms with Crippen molar-refractivity contribution in [2.75, 3.05) is 16.8 Å². The molecule has 3 rings (SSSR count). The molecule has 3 aromatic heterocycles. The summed E-state index contributed by atoms with van der Waals surface area (Å²) in [4.78, 5) is 21.7. The second-order valence-corrected chi connectivity index (χ2v) is 6.77. The maximum atomic E-state index is 12.6. The molecule has 0 aliphatic heterocycles. The van der Waals surface area contributed by atoms with Crippen LogP contribution in [0.2, 0.25) is 0 Å². The molecule has 1 amide bonds. The van der Waals surface area contributed by atoms with Crippen molar-refractivity contribution in [3.05, 3.63) is 40.5 Å². The predicted octanol–water partition coefficient (Wildman–Crippen LogP) is 3.10. The van der Waals surface area contributed by atoms with Gasteiger partial charge in [0.05, 0.1) is 11.3 Å². The maximum Gasteiger partial charge on any atom is 0.267 e. The Bertz CT molecular complexity index is 1000. The minimum Gasteiger partial charge on any atom is -0.397 e. The number of pyridine rings is 2. The Balaban J connectivity index is 2.16. The van der Waals surface area contributed by atoms with Gasteiger partial charge in [-0.2, -0.15) is 5.26 Å². The molecule has 7 nitrogen and oxygen atoms in total. The van der Waals surface area contributed by atoms with Crippen molar-refractivity contribution < 1.29 is 4.79 Å². The van der Waals surface area contributed by atoms with E-state index in [1.807, 2.05) is 13.8 Å². The van der Waals surface area contributed by atoms with E-state index in [4.69, 9.17) is 11.5 Å². The van der Waals surface area contributed by atoms with Gasteiger partial charge in [0.2, 0.25) is 0 Å². The first-order valence-electron chi connectivity index (χ1n) is 7.56. The van der Waals surface area contributed by atoms with Crippen LogP contribution in [0.3, 0.4) is 0 Å². The first-order valence-corrected chi connectivity index (χ1v) is 8.38.